The van der Waals surface area contributed by atoms with Gasteiger partial charge < -0.3 is 4.74 Å². The summed E-state index contributed by atoms with van der Waals surface area (Å²) in [6, 6.07) is 9.40. The van der Waals surface area contributed by atoms with E-state index in [9.17, 15) is 4.79 Å². The number of nitrogens with zero attached hydrogens (tertiary/aromatic N) is 3. The van der Waals surface area contributed by atoms with Crippen molar-refractivity contribution in [2.75, 3.05) is 6.61 Å². The Hall–Kier alpha value is -2.01. The summed E-state index contributed by atoms with van der Waals surface area (Å²) >= 11 is 0. The third-order valence-electron chi connectivity index (χ3n) is 2.61. The Morgan fingerprint density at radius 1 is 1.39 bits per heavy atom. The Morgan fingerprint density at radius 2 is 2.11 bits per heavy atom. The molecule has 0 aliphatic rings. The molecular formula is C13H15N3O2. The van der Waals surface area contributed by atoms with Crippen molar-refractivity contribution in [3.05, 3.63) is 48.0 Å². The lowest BCUT2D eigenvalue weighted by atomic mass is 10.1. The highest BCUT2D eigenvalue weighted by atomic mass is 16.5. The topological polar surface area (TPSA) is 57.0 Å². The Morgan fingerprint density at radius 3 is 2.67 bits per heavy atom. The monoisotopic (exact) mass is 245 g/mol. The van der Waals surface area contributed by atoms with Crippen LogP contribution >= 0.6 is 0 Å². The molecule has 5 heteroatoms. The van der Waals surface area contributed by atoms with Gasteiger partial charge >= 0.3 is 0 Å². The third kappa shape index (κ3) is 2.46. The summed E-state index contributed by atoms with van der Waals surface area (Å²) in [4.78, 5) is 16.3. The molecule has 0 radical (unpaired) electrons. The van der Waals surface area contributed by atoms with Crippen molar-refractivity contribution in [1.82, 2.24) is 14.8 Å². The van der Waals surface area contributed by atoms with Crippen LogP contribution < -0.4 is 0 Å². The number of ether oxygens (including phenoxy) is 1. The van der Waals surface area contributed by atoms with Crippen LogP contribution in [0.1, 0.15) is 29.2 Å². The SMILES string of the molecule is CCOC(C(=O)c1ncnn1C)c1ccccc1. The molecule has 5 nitrogen and oxygen atoms in total. The summed E-state index contributed by atoms with van der Waals surface area (Å²) < 4.78 is 6.99. The minimum Gasteiger partial charge on any atom is -0.365 e. The number of carbonyl (C=O) groups excluding carboxylic acids is 1. The summed E-state index contributed by atoms with van der Waals surface area (Å²) in [7, 11) is 1.69. The van der Waals surface area contributed by atoms with Crippen molar-refractivity contribution < 1.29 is 9.53 Å². The van der Waals surface area contributed by atoms with Crippen molar-refractivity contribution in [3.63, 3.8) is 0 Å². The predicted octanol–water partition coefficient (Wildman–Crippen LogP) is 1.78. The number of ketones is 1. The van der Waals surface area contributed by atoms with Gasteiger partial charge in [0.05, 0.1) is 0 Å². The number of hydrogen-bond donors (Lipinski definition) is 0. The molecular weight excluding hydrogens is 230 g/mol. The van der Waals surface area contributed by atoms with E-state index in [2.05, 4.69) is 10.1 Å². The summed E-state index contributed by atoms with van der Waals surface area (Å²) in [5.41, 5.74) is 0.826. The van der Waals surface area contributed by atoms with Gasteiger partial charge in [0.1, 0.15) is 12.4 Å². The zero-order chi connectivity index (χ0) is 13.0. The second-order valence-electron chi connectivity index (χ2n) is 3.82. The van der Waals surface area contributed by atoms with E-state index in [0.29, 0.717) is 12.4 Å². The molecule has 1 aromatic carbocycles. The van der Waals surface area contributed by atoms with Crippen molar-refractivity contribution in [2.45, 2.75) is 13.0 Å². The second-order valence-corrected chi connectivity index (χ2v) is 3.82. The second kappa shape index (κ2) is 5.55. The molecule has 1 aromatic heterocycles. The fourth-order valence-electron chi connectivity index (χ4n) is 1.75. The normalized spacial score (nSPS) is 12.3. The third-order valence-corrected chi connectivity index (χ3v) is 2.61. The lowest BCUT2D eigenvalue weighted by Gasteiger charge is -2.15. The van der Waals surface area contributed by atoms with Gasteiger partial charge in [-0.3, -0.25) is 4.79 Å². The molecule has 0 amide bonds. The van der Waals surface area contributed by atoms with Crippen LogP contribution in [0.3, 0.4) is 0 Å². The molecule has 0 spiro atoms. The Bertz CT molecular complexity index is 522. The molecule has 94 valence electrons. The van der Waals surface area contributed by atoms with E-state index in [0.717, 1.165) is 5.56 Å². The van der Waals surface area contributed by atoms with Gasteiger partial charge in [0.15, 0.2) is 5.82 Å². The summed E-state index contributed by atoms with van der Waals surface area (Å²) in [6.07, 6.45) is 0.737. The molecule has 1 atom stereocenters. The first-order valence-electron chi connectivity index (χ1n) is 5.78. The van der Waals surface area contributed by atoms with Gasteiger partial charge in [-0.1, -0.05) is 30.3 Å². The van der Waals surface area contributed by atoms with E-state index in [1.807, 2.05) is 37.3 Å². The summed E-state index contributed by atoms with van der Waals surface area (Å²) in [5.74, 6) is 0.125. The number of Topliss-reactive ketones (excluding diaryl/α,β-unsaturated/α-hetero) is 1. The molecule has 0 saturated heterocycles. The molecule has 0 aliphatic carbocycles. The minimum atomic E-state index is -0.626. The van der Waals surface area contributed by atoms with Gasteiger partial charge in [-0.05, 0) is 12.5 Å². The van der Waals surface area contributed by atoms with Crippen molar-refractivity contribution >= 4 is 5.78 Å². The molecule has 1 heterocycles. The van der Waals surface area contributed by atoms with E-state index >= 15 is 0 Å². The van der Waals surface area contributed by atoms with Crippen molar-refractivity contribution in [1.29, 1.82) is 0 Å². The van der Waals surface area contributed by atoms with E-state index < -0.39 is 6.10 Å². The number of carbonyl (C=O) groups is 1. The predicted molar refractivity (Wildman–Crippen MR) is 66.1 cm³/mol. The van der Waals surface area contributed by atoms with Crippen LogP contribution in [0.25, 0.3) is 0 Å². The average Bonchev–Trinajstić information content (AvgIpc) is 2.82. The van der Waals surface area contributed by atoms with Gasteiger partial charge in [-0.25, -0.2) is 9.67 Å². The van der Waals surface area contributed by atoms with Gasteiger partial charge in [-0.2, -0.15) is 5.10 Å². The molecule has 0 fully saturated rings. The van der Waals surface area contributed by atoms with E-state index in [1.165, 1.54) is 11.0 Å². The molecule has 0 saturated carbocycles. The Balaban J connectivity index is 2.32. The molecule has 2 rings (SSSR count). The van der Waals surface area contributed by atoms with Crippen LogP contribution in [0.2, 0.25) is 0 Å². The smallest absolute Gasteiger partial charge is 0.232 e. The lowest BCUT2D eigenvalue weighted by molar-refractivity contribution is 0.0439. The van der Waals surface area contributed by atoms with Gasteiger partial charge in [-0.15, -0.1) is 0 Å². The van der Waals surface area contributed by atoms with Crippen LogP contribution in [0, 0.1) is 0 Å². The molecule has 1 unspecified atom stereocenters. The molecule has 18 heavy (non-hydrogen) atoms. The molecule has 2 aromatic rings. The first-order valence-corrected chi connectivity index (χ1v) is 5.78. The maximum absolute atomic E-state index is 12.4. The van der Waals surface area contributed by atoms with Gasteiger partial charge in [0, 0.05) is 13.7 Å². The van der Waals surface area contributed by atoms with Crippen LogP contribution in [0.5, 0.6) is 0 Å². The van der Waals surface area contributed by atoms with Crippen molar-refractivity contribution in [2.24, 2.45) is 7.05 Å². The van der Waals surface area contributed by atoms with E-state index in [4.69, 9.17) is 4.74 Å². The number of hydrogen-bond acceptors (Lipinski definition) is 4. The van der Waals surface area contributed by atoms with Crippen molar-refractivity contribution in [3.8, 4) is 0 Å². The standard InChI is InChI=1S/C13H15N3O2/c1-3-18-12(10-7-5-4-6-8-10)11(17)13-14-9-15-16(13)2/h4-9,12H,3H2,1-2H3. The number of aryl methyl sites for hydroxylation is 1. The largest absolute Gasteiger partial charge is 0.365 e. The van der Waals surface area contributed by atoms with Crippen LogP contribution in [-0.4, -0.2) is 27.2 Å². The Labute approximate surface area is 105 Å². The quantitative estimate of drug-likeness (QED) is 0.753. The maximum Gasteiger partial charge on any atom is 0.232 e. The minimum absolute atomic E-state index is 0.178. The average molecular weight is 245 g/mol. The molecule has 0 N–H and O–H groups in total. The number of aromatic nitrogens is 3. The van der Waals surface area contributed by atoms with Crippen LogP contribution in [-0.2, 0) is 11.8 Å². The fraction of sp³-hybridized carbons (Fsp3) is 0.308. The number of rotatable bonds is 5. The zero-order valence-corrected chi connectivity index (χ0v) is 10.4. The van der Waals surface area contributed by atoms with Crippen LogP contribution in [0.15, 0.2) is 36.7 Å². The summed E-state index contributed by atoms with van der Waals surface area (Å²) in [5, 5.41) is 3.90. The van der Waals surface area contributed by atoms with Crippen LogP contribution in [0.4, 0.5) is 0 Å². The summed E-state index contributed by atoms with van der Waals surface area (Å²) in [6.45, 7) is 2.32. The Kier molecular flexibility index (Phi) is 3.84. The van der Waals surface area contributed by atoms with Gasteiger partial charge in [0.2, 0.25) is 5.78 Å². The molecule has 0 aliphatic heterocycles. The lowest BCUT2D eigenvalue weighted by Crippen LogP contribution is -2.20. The zero-order valence-electron chi connectivity index (χ0n) is 10.4. The first-order chi connectivity index (χ1) is 8.74. The maximum atomic E-state index is 12.4. The van der Waals surface area contributed by atoms with Gasteiger partial charge in [0.25, 0.3) is 0 Å². The highest BCUT2D eigenvalue weighted by Crippen LogP contribution is 2.21. The van der Waals surface area contributed by atoms with E-state index in [1.54, 1.807) is 7.05 Å². The highest BCUT2D eigenvalue weighted by Gasteiger charge is 2.25. The first kappa shape index (κ1) is 12.4. The molecule has 0 bridgehead atoms. The fourth-order valence-corrected chi connectivity index (χ4v) is 1.75. The highest BCUT2D eigenvalue weighted by molar-refractivity contribution is 5.97. The van der Waals surface area contributed by atoms with E-state index in [-0.39, 0.29) is 5.78 Å². The number of benzene rings is 1.